The Labute approximate surface area is 393 Å². The van der Waals surface area contributed by atoms with E-state index >= 15 is 0 Å². The Balaban J connectivity index is 0. The number of carbonyl (C=O) groups is 3. The lowest BCUT2D eigenvalue weighted by molar-refractivity contribution is -0.666. The minimum absolute atomic E-state index is 0.116. The SMILES string of the molecule is O=C([O-])C(F)(F)Cl.O=C([O-])c1ccc(C(F)(F)F)cc1F.O=C([O-])c1ccccc1F.[O-]OC=C(F)F.[SH2+]c1ccccc1.[SH2+]c1ccccc1.[SH2+]c1ccccc1.[SH2+]c1ccccc1. The maximum absolute atomic E-state index is 12.7. The van der Waals surface area contributed by atoms with E-state index in [-0.39, 0.29) is 12.3 Å². The third kappa shape index (κ3) is 34.4. The summed E-state index contributed by atoms with van der Waals surface area (Å²) in [5.41, 5.74) is -2.53. The van der Waals surface area contributed by atoms with Gasteiger partial charge >= 0.3 is 17.6 Å². The molecular formula is C43H36ClF9O8S4. The van der Waals surface area contributed by atoms with Gasteiger partial charge in [0, 0.05) is 11.1 Å². The van der Waals surface area contributed by atoms with Crippen LogP contribution in [0, 0.1) is 11.6 Å². The fraction of sp³-hybridized carbons (Fsp3) is 0.0465. The quantitative estimate of drug-likeness (QED) is 0.0584. The molecular weight excluding hydrogens is 979 g/mol. The number of carbonyl (C=O) groups excluding carboxylic acids is 3. The predicted octanol–water partition coefficient (Wildman–Crippen LogP) is 5.21. The predicted molar refractivity (Wildman–Crippen MR) is 233 cm³/mol. The van der Waals surface area contributed by atoms with Crippen molar-refractivity contribution in [3.05, 3.63) is 204 Å². The van der Waals surface area contributed by atoms with Crippen LogP contribution in [-0.4, -0.2) is 23.3 Å². The van der Waals surface area contributed by atoms with Crippen molar-refractivity contribution >= 4 is 80.0 Å². The van der Waals surface area contributed by atoms with Crippen LogP contribution in [0.5, 0.6) is 0 Å². The standard InChI is InChI=1S/C8H4F4O2.C7H5FO2.4C6H6S.C2HClF2O2.C2H2F2O2/c9-6-3-4(8(10,11)12)1-2-5(6)7(13)14;8-6-4-2-1-3-5(6)7(9)10;4*7-6-4-2-1-3-5-6;3-2(4,5)1(6)7;3-2(4)1-6-5/h1-3H,(H,13,14);1-4H,(H,9,10);4*1-5,7H;(H,6,7);1,5H. The third-order valence-electron chi connectivity index (χ3n) is 6.07. The number of hydrogen-bond donors (Lipinski definition) is 0. The Bertz CT molecular complexity index is 2110. The van der Waals surface area contributed by atoms with Crippen molar-refractivity contribution < 1.29 is 79.4 Å². The van der Waals surface area contributed by atoms with Crippen molar-refractivity contribution in [3.63, 3.8) is 0 Å². The normalized spacial score (nSPS) is 9.52. The molecule has 0 aromatic heterocycles. The first kappa shape index (κ1) is 61.4. The number of alkyl halides is 6. The zero-order chi connectivity index (χ0) is 50.0. The minimum Gasteiger partial charge on any atom is -0.664 e. The molecule has 0 aliphatic rings. The summed E-state index contributed by atoms with van der Waals surface area (Å²) < 4.78 is 104. The van der Waals surface area contributed by atoms with Gasteiger partial charge in [0.05, 0.1) is 17.5 Å². The van der Waals surface area contributed by atoms with Crippen molar-refractivity contribution in [2.24, 2.45) is 0 Å². The molecule has 350 valence electrons. The molecule has 0 bridgehead atoms. The van der Waals surface area contributed by atoms with Crippen LogP contribution < -0.4 is 20.6 Å². The highest BCUT2D eigenvalue weighted by Gasteiger charge is 2.31. The second-order valence-electron chi connectivity index (χ2n) is 11.0. The molecule has 0 unspecified atom stereocenters. The molecule has 0 aliphatic heterocycles. The van der Waals surface area contributed by atoms with Gasteiger partial charge in [-0.1, -0.05) is 91.0 Å². The molecule has 8 nitrogen and oxygen atoms in total. The van der Waals surface area contributed by atoms with Crippen molar-refractivity contribution in [3.8, 4) is 0 Å². The zero-order valence-electron chi connectivity index (χ0n) is 32.7. The van der Waals surface area contributed by atoms with Crippen LogP contribution >= 0.6 is 11.6 Å². The van der Waals surface area contributed by atoms with Gasteiger partial charge in [-0.25, -0.2) is 8.78 Å². The van der Waals surface area contributed by atoms with Gasteiger partial charge in [-0.2, -0.15) is 30.7 Å². The highest BCUT2D eigenvalue weighted by atomic mass is 35.5. The van der Waals surface area contributed by atoms with Crippen molar-refractivity contribution in [1.29, 1.82) is 0 Å². The van der Waals surface area contributed by atoms with Crippen LogP contribution in [0.1, 0.15) is 26.3 Å². The average Bonchev–Trinajstić information content (AvgIpc) is 3.23. The molecule has 0 saturated carbocycles. The van der Waals surface area contributed by atoms with Crippen molar-refractivity contribution in [2.75, 3.05) is 0 Å². The Morgan fingerprint density at radius 1 is 0.508 bits per heavy atom. The van der Waals surface area contributed by atoms with Gasteiger partial charge in [-0.05, 0) is 135 Å². The first-order valence-electron chi connectivity index (χ1n) is 17.0. The Hall–Kier alpha value is -5.71. The minimum atomic E-state index is -4.69. The van der Waals surface area contributed by atoms with Crippen LogP contribution in [0.4, 0.5) is 39.5 Å². The largest absolute Gasteiger partial charge is 0.664 e. The van der Waals surface area contributed by atoms with E-state index in [1.807, 2.05) is 121 Å². The summed E-state index contributed by atoms with van der Waals surface area (Å²) in [7, 11) is 0. The fourth-order valence-electron chi connectivity index (χ4n) is 3.27. The highest BCUT2D eigenvalue weighted by molar-refractivity contribution is 7.59. The van der Waals surface area contributed by atoms with Gasteiger partial charge in [0.2, 0.25) is 0 Å². The molecule has 65 heavy (non-hydrogen) atoms. The zero-order valence-corrected chi connectivity index (χ0v) is 37.5. The van der Waals surface area contributed by atoms with Gasteiger partial charge < -0.3 is 39.8 Å². The summed E-state index contributed by atoms with van der Waals surface area (Å²) in [5, 5.41) is 33.7. The molecule has 0 saturated heterocycles. The van der Waals surface area contributed by atoms with Gasteiger partial charge in [0.1, 0.15) is 43.4 Å². The maximum atomic E-state index is 12.7. The molecule has 6 rings (SSSR count). The van der Waals surface area contributed by atoms with Crippen LogP contribution in [-0.2, 0) is 66.4 Å². The number of aliphatic carboxylic acids is 1. The van der Waals surface area contributed by atoms with E-state index in [1.54, 1.807) is 0 Å². The molecule has 22 heteroatoms. The molecule has 0 aliphatic carbocycles. The van der Waals surface area contributed by atoms with E-state index in [1.165, 1.54) is 12.1 Å². The molecule has 6 aromatic carbocycles. The van der Waals surface area contributed by atoms with E-state index in [2.05, 4.69) is 67.0 Å². The maximum Gasteiger partial charge on any atom is 0.416 e. The monoisotopic (exact) mass is 1010 g/mol. The molecule has 6 aromatic rings. The third-order valence-corrected chi connectivity index (χ3v) is 7.56. The molecule has 0 radical (unpaired) electrons. The molecule has 0 spiro atoms. The van der Waals surface area contributed by atoms with Gasteiger partial charge in [0.25, 0.3) is 0 Å². The van der Waals surface area contributed by atoms with Gasteiger partial charge in [-0.3, -0.25) is 0 Å². The number of hydrogen-bond acceptors (Lipinski definition) is 8. The number of halogens is 10. The number of carboxylic acid groups (broad SMARTS) is 3. The lowest BCUT2D eigenvalue weighted by atomic mass is 10.1. The van der Waals surface area contributed by atoms with E-state index in [4.69, 9.17) is 15.2 Å². The lowest BCUT2D eigenvalue weighted by Crippen LogP contribution is -2.36. The number of carboxylic acids is 3. The van der Waals surface area contributed by atoms with E-state index in [0.29, 0.717) is 12.1 Å². The smallest absolute Gasteiger partial charge is 0.416 e. The topological polar surface area (TPSA) is 153 Å². The fourth-order valence-corrected chi connectivity index (χ4v) is 4.04. The molecule has 0 fully saturated rings. The first-order chi connectivity index (χ1) is 30.3. The van der Waals surface area contributed by atoms with Crippen LogP contribution in [0.15, 0.2) is 196 Å². The Kier molecular flexibility index (Phi) is 32.7. The number of benzene rings is 6. The molecule has 0 N–H and O–H groups in total. The van der Waals surface area contributed by atoms with Gasteiger partial charge in [0.15, 0.2) is 0 Å². The summed E-state index contributed by atoms with van der Waals surface area (Å²) in [6.45, 7) is 0. The van der Waals surface area contributed by atoms with Crippen LogP contribution in [0.25, 0.3) is 0 Å². The second kappa shape index (κ2) is 34.7. The molecule has 0 heterocycles. The summed E-state index contributed by atoms with van der Waals surface area (Å²) in [6.07, 6.45) is -6.99. The van der Waals surface area contributed by atoms with Gasteiger partial charge in [-0.15, -0.1) is 0 Å². The Morgan fingerprint density at radius 2 is 0.800 bits per heavy atom. The molecule has 0 amide bonds. The van der Waals surface area contributed by atoms with Crippen LogP contribution in [0.2, 0.25) is 0 Å². The summed E-state index contributed by atoms with van der Waals surface area (Å²) in [4.78, 5) is 36.4. The summed E-state index contributed by atoms with van der Waals surface area (Å²) >= 11 is 17.3. The second-order valence-corrected chi connectivity index (χ2v) is 13.8. The van der Waals surface area contributed by atoms with Crippen LogP contribution in [0.3, 0.4) is 0 Å². The first-order valence-corrected chi connectivity index (χ1v) is 19.4. The summed E-state index contributed by atoms with van der Waals surface area (Å²) in [6, 6.07) is 46.0. The number of rotatable bonds is 4. The highest BCUT2D eigenvalue weighted by Crippen LogP contribution is 2.30. The number of aromatic carboxylic acids is 2. The van der Waals surface area contributed by atoms with Crippen molar-refractivity contribution in [2.45, 2.75) is 31.1 Å². The van der Waals surface area contributed by atoms with E-state index < -0.39 is 63.9 Å². The molecule has 0 atom stereocenters. The average molecular weight is 1020 g/mol. The Morgan fingerprint density at radius 3 is 0.969 bits per heavy atom. The summed E-state index contributed by atoms with van der Waals surface area (Å²) in [5.74, 6) is -8.13. The lowest BCUT2D eigenvalue weighted by Gasteiger charge is -2.09. The van der Waals surface area contributed by atoms with E-state index in [0.717, 1.165) is 31.7 Å². The van der Waals surface area contributed by atoms with Crippen molar-refractivity contribution in [1.82, 2.24) is 0 Å². The van der Waals surface area contributed by atoms with E-state index in [9.17, 15) is 59.3 Å².